The Kier molecular flexibility index (Phi) is 5.07. The van der Waals surface area contributed by atoms with Crippen molar-refractivity contribution >= 4 is 21.6 Å². The number of hydrogen-bond acceptors (Lipinski definition) is 2. The summed E-state index contributed by atoms with van der Waals surface area (Å²) >= 11 is 3.54. The fourth-order valence-corrected chi connectivity index (χ4v) is 3.07. The molecule has 1 atom stereocenters. The Morgan fingerprint density at radius 1 is 1.39 bits per heavy atom. The Hall–Kier alpha value is -0.540. The minimum atomic E-state index is 0.687. The van der Waals surface area contributed by atoms with Crippen LogP contribution in [0.3, 0.4) is 0 Å². The van der Waals surface area contributed by atoms with Gasteiger partial charge in [-0.2, -0.15) is 0 Å². The van der Waals surface area contributed by atoms with E-state index in [0.717, 1.165) is 13.0 Å². The minimum Gasteiger partial charge on any atom is -0.383 e. The molecule has 1 saturated heterocycles. The van der Waals surface area contributed by atoms with Crippen LogP contribution in [0.2, 0.25) is 0 Å². The summed E-state index contributed by atoms with van der Waals surface area (Å²) in [6.45, 7) is 4.51. The Balaban J connectivity index is 1.97. The van der Waals surface area contributed by atoms with Crippen molar-refractivity contribution in [3.8, 4) is 0 Å². The second kappa shape index (κ2) is 6.58. The van der Waals surface area contributed by atoms with Crippen molar-refractivity contribution in [1.82, 2.24) is 4.90 Å². The monoisotopic (exact) mass is 310 g/mol. The van der Waals surface area contributed by atoms with Crippen molar-refractivity contribution in [1.29, 1.82) is 0 Å². The van der Waals surface area contributed by atoms with Gasteiger partial charge in [0.1, 0.15) is 0 Å². The Morgan fingerprint density at radius 3 is 2.94 bits per heavy atom. The lowest BCUT2D eigenvalue weighted by Gasteiger charge is -2.33. The third-order valence-corrected chi connectivity index (χ3v) is 4.39. The van der Waals surface area contributed by atoms with Crippen molar-refractivity contribution in [2.45, 2.75) is 38.6 Å². The summed E-state index contributed by atoms with van der Waals surface area (Å²) < 4.78 is 1.17. The molecule has 2 rings (SSSR count). The van der Waals surface area contributed by atoms with Crippen molar-refractivity contribution in [2.24, 2.45) is 0 Å². The fourth-order valence-electron chi connectivity index (χ4n) is 2.66. The van der Waals surface area contributed by atoms with E-state index in [-0.39, 0.29) is 0 Å². The maximum absolute atomic E-state index is 3.63. The number of hydrogen-bond donors (Lipinski definition) is 1. The molecule has 1 aromatic carbocycles. The largest absolute Gasteiger partial charge is 0.383 e. The molecule has 0 saturated carbocycles. The maximum atomic E-state index is 3.63. The van der Waals surface area contributed by atoms with Crippen LogP contribution in [0.5, 0.6) is 0 Å². The van der Waals surface area contributed by atoms with Gasteiger partial charge in [0.25, 0.3) is 0 Å². The number of piperidine rings is 1. The average molecular weight is 311 g/mol. The zero-order valence-electron chi connectivity index (χ0n) is 11.4. The van der Waals surface area contributed by atoms with Crippen molar-refractivity contribution in [2.75, 3.05) is 25.5 Å². The molecule has 1 aromatic rings. The number of rotatable bonds is 4. The van der Waals surface area contributed by atoms with E-state index in [4.69, 9.17) is 0 Å². The van der Waals surface area contributed by atoms with Crippen LogP contribution in [0, 0.1) is 0 Å². The summed E-state index contributed by atoms with van der Waals surface area (Å²) in [6, 6.07) is 7.21. The minimum absolute atomic E-state index is 0.687. The Labute approximate surface area is 119 Å². The molecule has 1 fully saturated rings. The van der Waals surface area contributed by atoms with Crippen LogP contribution in [0.15, 0.2) is 22.7 Å². The molecule has 1 aliphatic heterocycles. The molecule has 0 amide bonds. The molecule has 18 heavy (non-hydrogen) atoms. The lowest BCUT2D eigenvalue weighted by molar-refractivity contribution is 0.194. The molecule has 0 spiro atoms. The van der Waals surface area contributed by atoms with Gasteiger partial charge >= 0.3 is 0 Å². The van der Waals surface area contributed by atoms with E-state index >= 15 is 0 Å². The second-order valence-electron chi connectivity index (χ2n) is 5.17. The molecule has 0 radical (unpaired) electrons. The fraction of sp³-hybridized carbons (Fsp3) is 0.600. The lowest BCUT2D eigenvalue weighted by atomic mass is 10.0. The number of anilines is 1. The topological polar surface area (TPSA) is 15.3 Å². The number of likely N-dealkylation sites (N-methyl/N-ethyl adjacent to an activating group) is 1. The van der Waals surface area contributed by atoms with E-state index in [2.05, 4.69) is 58.3 Å². The van der Waals surface area contributed by atoms with Gasteiger partial charge < -0.3 is 10.2 Å². The van der Waals surface area contributed by atoms with Crippen molar-refractivity contribution < 1.29 is 0 Å². The summed E-state index contributed by atoms with van der Waals surface area (Å²) in [6.07, 6.45) is 5.12. The summed E-state index contributed by atoms with van der Waals surface area (Å²) in [7, 11) is 2.24. The predicted octanol–water partition coefficient (Wildman–Crippen LogP) is 3.91. The molecule has 2 nitrogen and oxygen atoms in total. The molecule has 1 unspecified atom stereocenters. The average Bonchev–Trinajstić information content (AvgIpc) is 2.39. The molecule has 1 N–H and O–H groups in total. The first-order valence-electron chi connectivity index (χ1n) is 6.93. The van der Waals surface area contributed by atoms with Gasteiger partial charge in [0.15, 0.2) is 0 Å². The van der Waals surface area contributed by atoms with Crippen LogP contribution in [0.1, 0.15) is 31.7 Å². The van der Waals surface area contributed by atoms with Gasteiger partial charge in [0.2, 0.25) is 0 Å². The number of likely N-dealkylation sites (tertiary alicyclic amines) is 1. The van der Waals surface area contributed by atoms with Gasteiger partial charge in [-0.05, 0) is 56.6 Å². The summed E-state index contributed by atoms with van der Waals surface area (Å²) in [5, 5.41) is 3.63. The zero-order chi connectivity index (χ0) is 13.0. The SMILES string of the molecule is CCc1cc(Br)ccc1NCC1CCCCN1C. The van der Waals surface area contributed by atoms with Crippen LogP contribution < -0.4 is 5.32 Å². The molecule has 0 bridgehead atoms. The van der Waals surface area contributed by atoms with Gasteiger partial charge in [-0.3, -0.25) is 0 Å². The van der Waals surface area contributed by atoms with Crippen LogP contribution in [0.25, 0.3) is 0 Å². The molecule has 1 aliphatic rings. The lowest BCUT2D eigenvalue weighted by Crippen LogP contribution is -2.40. The van der Waals surface area contributed by atoms with Gasteiger partial charge in [0.05, 0.1) is 0 Å². The van der Waals surface area contributed by atoms with Gasteiger partial charge in [-0.25, -0.2) is 0 Å². The van der Waals surface area contributed by atoms with Gasteiger partial charge in [0, 0.05) is 22.7 Å². The van der Waals surface area contributed by atoms with E-state index in [9.17, 15) is 0 Å². The molecule has 1 heterocycles. The highest BCUT2D eigenvalue weighted by atomic mass is 79.9. The first-order valence-corrected chi connectivity index (χ1v) is 7.72. The van der Waals surface area contributed by atoms with Crippen LogP contribution >= 0.6 is 15.9 Å². The zero-order valence-corrected chi connectivity index (χ0v) is 13.0. The van der Waals surface area contributed by atoms with Crippen LogP contribution in [-0.2, 0) is 6.42 Å². The van der Waals surface area contributed by atoms with Gasteiger partial charge in [-0.1, -0.05) is 29.3 Å². The quantitative estimate of drug-likeness (QED) is 0.907. The molecular formula is C15H23BrN2. The number of halogens is 1. The molecule has 0 aliphatic carbocycles. The molecule has 3 heteroatoms. The standard InChI is InChI=1S/C15H23BrN2/c1-3-12-10-13(16)7-8-15(12)17-11-14-6-4-5-9-18(14)2/h7-8,10,14,17H,3-6,9,11H2,1-2H3. The highest BCUT2D eigenvalue weighted by Crippen LogP contribution is 2.22. The van der Waals surface area contributed by atoms with E-state index in [1.807, 2.05) is 0 Å². The second-order valence-corrected chi connectivity index (χ2v) is 6.08. The molecular weight excluding hydrogens is 288 g/mol. The highest BCUT2D eigenvalue weighted by Gasteiger charge is 2.18. The Bertz CT molecular complexity index is 392. The van der Waals surface area contributed by atoms with Gasteiger partial charge in [-0.15, -0.1) is 0 Å². The van der Waals surface area contributed by atoms with E-state index < -0.39 is 0 Å². The maximum Gasteiger partial charge on any atom is 0.0373 e. The number of aryl methyl sites for hydroxylation is 1. The number of nitrogens with one attached hydrogen (secondary N) is 1. The highest BCUT2D eigenvalue weighted by molar-refractivity contribution is 9.10. The van der Waals surface area contributed by atoms with E-state index in [1.165, 1.54) is 41.5 Å². The first-order chi connectivity index (χ1) is 8.70. The Morgan fingerprint density at radius 2 is 2.22 bits per heavy atom. The van der Waals surface area contributed by atoms with Crippen molar-refractivity contribution in [3.63, 3.8) is 0 Å². The smallest absolute Gasteiger partial charge is 0.0373 e. The van der Waals surface area contributed by atoms with E-state index in [0.29, 0.717) is 6.04 Å². The first kappa shape index (κ1) is 13.9. The predicted molar refractivity (Wildman–Crippen MR) is 82.3 cm³/mol. The normalized spacial score (nSPS) is 20.9. The summed E-state index contributed by atoms with van der Waals surface area (Å²) in [5.74, 6) is 0. The molecule has 0 aromatic heterocycles. The third-order valence-electron chi connectivity index (χ3n) is 3.90. The number of nitrogens with zero attached hydrogens (tertiary/aromatic N) is 1. The summed E-state index contributed by atoms with van der Waals surface area (Å²) in [5.41, 5.74) is 2.68. The van der Waals surface area contributed by atoms with E-state index in [1.54, 1.807) is 0 Å². The molecule has 100 valence electrons. The van der Waals surface area contributed by atoms with Crippen LogP contribution in [-0.4, -0.2) is 31.1 Å². The number of benzene rings is 1. The van der Waals surface area contributed by atoms with Crippen molar-refractivity contribution in [3.05, 3.63) is 28.2 Å². The van der Waals surface area contributed by atoms with Crippen LogP contribution in [0.4, 0.5) is 5.69 Å². The summed E-state index contributed by atoms with van der Waals surface area (Å²) in [4.78, 5) is 2.49. The third kappa shape index (κ3) is 3.48.